The van der Waals surface area contributed by atoms with Crippen LogP contribution in [0.1, 0.15) is 26.2 Å². The summed E-state index contributed by atoms with van der Waals surface area (Å²) in [6.45, 7) is 2.36. The lowest BCUT2D eigenvalue weighted by atomic mass is 10.3. The molecule has 0 fully saturated rings. The minimum absolute atomic E-state index is 0.182. The predicted molar refractivity (Wildman–Crippen MR) is 71.7 cm³/mol. The van der Waals surface area contributed by atoms with Crippen molar-refractivity contribution in [3.8, 4) is 5.75 Å². The van der Waals surface area contributed by atoms with E-state index in [0.717, 1.165) is 31.4 Å². The number of rotatable bonds is 7. The van der Waals surface area contributed by atoms with Gasteiger partial charge in [-0.1, -0.05) is 31.9 Å². The molecule has 1 aromatic rings. The third kappa shape index (κ3) is 6.13. The number of ether oxygens (including phenoxy) is 2. The number of hydrogen-bond acceptors (Lipinski definition) is 4. The first kappa shape index (κ1) is 15.9. The molecule has 0 saturated heterocycles. The highest BCUT2D eigenvalue weighted by atomic mass is 19.1. The molecule has 0 aliphatic heterocycles. The molecular weight excluding hydrogens is 263 g/mol. The normalized spacial score (nSPS) is 10.5. The Labute approximate surface area is 117 Å². The lowest BCUT2D eigenvalue weighted by molar-refractivity contribution is -0.138. The second-order valence-electron chi connectivity index (χ2n) is 4.06. The van der Waals surface area contributed by atoms with Gasteiger partial charge in [0.25, 0.3) is 0 Å². The summed E-state index contributed by atoms with van der Waals surface area (Å²) in [5.74, 6) is -2.28. The first-order valence-electron chi connectivity index (χ1n) is 6.44. The highest BCUT2D eigenvalue weighted by molar-refractivity contribution is 5.92. The Balaban J connectivity index is 2.36. The Bertz CT molecular complexity index is 483. The molecular formula is C15H17FO4. The fourth-order valence-corrected chi connectivity index (χ4v) is 1.38. The number of unbranched alkanes of at least 4 members (excludes halogenated alkanes) is 2. The number of carbonyl (C=O) groups is 2. The van der Waals surface area contributed by atoms with E-state index in [1.165, 1.54) is 24.3 Å². The lowest BCUT2D eigenvalue weighted by Crippen LogP contribution is -2.08. The van der Waals surface area contributed by atoms with E-state index in [2.05, 4.69) is 0 Å². The number of esters is 2. The van der Waals surface area contributed by atoms with Crippen molar-refractivity contribution in [3.05, 3.63) is 42.2 Å². The van der Waals surface area contributed by atoms with Crippen LogP contribution < -0.4 is 4.74 Å². The minimum atomic E-state index is -0.833. The van der Waals surface area contributed by atoms with Crippen LogP contribution >= 0.6 is 0 Å². The van der Waals surface area contributed by atoms with Crippen LogP contribution in [0.15, 0.2) is 36.4 Å². The Morgan fingerprint density at radius 3 is 2.55 bits per heavy atom. The van der Waals surface area contributed by atoms with Crippen molar-refractivity contribution >= 4 is 11.9 Å². The van der Waals surface area contributed by atoms with Crippen LogP contribution in [0.2, 0.25) is 0 Å². The van der Waals surface area contributed by atoms with Gasteiger partial charge in [-0.2, -0.15) is 0 Å². The third-order valence-corrected chi connectivity index (χ3v) is 2.39. The van der Waals surface area contributed by atoms with Crippen molar-refractivity contribution in [2.24, 2.45) is 0 Å². The number of halogens is 1. The summed E-state index contributed by atoms with van der Waals surface area (Å²) in [5, 5.41) is 0. The van der Waals surface area contributed by atoms with Gasteiger partial charge in [0.05, 0.1) is 6.61 Å². The molecule has 0 aliphatic carbocycles. The largest absolute Gasteiger partial charge is 0.463 e. The van der Waals surface area contributed by atoms with Crippen LogP contribution in [0.4, 0.5) is 4.39 Å². The molecule has 0 heterocycles. The van der Waals surface area contributed by atoms with Crippen LogP contribution in [0.5, 0.6) is 5.75 Å². The number of carbonyl (C=O) groups excluding carboxylic acids is 2. The SMILES string of the molecule is CCCCCOC(=O)/C=C/C(=O)Oc1ccccc1F. The summed E-state index contributed by atoms with van der Waals surface area (Å²) in [6, 6.07) is 5.52. The van der Waals surface area contributed by atoms with Crippen LogP contribution in [-0.2, 0) is 14.3 Å². The quantitative estimate of drug-likeness (QED) is 0.333. The molecule has 4 nitrogen and oxygen atoms in total. The maximum atomic E-state index is 13.2. The van der Waals surface area contributed by atoms with E-state index in [0.29, 0.717) is 6.61 Å². The zero-order chi connectivity index (χ0) is 14.8. The van der Waals surface area contributed by atoms with E-state index >= 15 is 0 Å². The molecule has 1 rings (SSSR count). The van der Waals surface area contributed by atoms with Gasteiger partial charge in [-0.3, -0.25) is 0 Å². The number of hydrogen-bond donors (Lipinski definition) is 0. The van der Waals surface area contributed by atoms with E-state index in [-0.39, 0.29) is 5.75 Å². The van der Waals surface area contributed by atoms with E-state index in [4.69, 9.17) is 9.47 Å². The molecule has 1 aromatic carbocycles. The molecule has 0 atom stereocenters. The van der Waals surface area contributed by atoms with Gasteiger partial charge in [0, 0.05) is 12.2 Å². The maximum absolute atomic E-state index is 13.2. The maximum Gasteiger partial charge on any atom is 0.336 e. The van der Waals surface area contributed by atoms with Crippen LogP contribution in [0.25, 0.3) is 0 Å². The Hall–Kier alpha value is -2.17. The minimum Gasteiger partial charge on any atom is -0.463 e. The average Bonchev–Trinajstić information content (AvgIpc) is 2.44. The van der Waals surface area contributed by atoms with Gasteiger partial charge in [0.1, 0.15) is 0 Å². The summed E-state index contributed by atoms with van der Waals surface area (Å²) in [7, 11) is 0. The molecule has 0 amide bonds. The molecule has 0 saturated carbocycles. The van der Waals surface area contributed by atoms with Gasteiger partial charge in [0.2, 0.25) is 0 Å². The summed E-state index contributed by atoms with van der Waals surface area (Å²) in [6.07, 6.45) is 4.67. The van der Waals surface area contributed by atoms with E-state index in [9.17, 15) is 14.0 Å². The van der Waals surface area contributed by atoms with E-state index < -0.39 is 17.8 Å². The summed E-state index contributed by atoms with van der Waals surface area (Å²) < 4.78 is 22.8. The Morgan fingerprint density at radius 2 is 1.85 bits per heavy atom. The molecule has 0 aromatic heterocycles. The number of para-hydroxylation sites is 1. The first-order chi connectivity index (χ1) is 9.63. The van der Waals surface area contributed by atoms with Crippen molar-refractivity contribution in [2.75, 3.05) is 6.61 Å². The van der Waals surface area contributed by atoms with Crippen LogP contribution in [0.3, 0.4) is 0 Å². The van der Waals surface area contributed by atoms with Crippen molar-refractivity contribution in [2.45, 2.75) is 26.2 Å². The van der Waals surface area contributed by atoms with Gasteiger partial charge in [-0.25, -0.2) is 14.0 Å². The molecule has 0 radical (unpaired) electrons. The monoisotopic (exact) mass is 280 g/mol. The van der Waals surface area contributed by atoms with E-state index in [1.807, 2.05) is 6.92 Å². The fourth-order valence-electron chi connectivity index (χ4n) is 1.38. The zero-order valence-electron chi connectivity index (χ0n) is 11.3. The van der Waals surface area contributed by atoms with Crippen LogP contribution in [-0.4, -0.2) is 18.5 Å². The van der Waals surface area contributed by atoms with Gasteiger partial charge < -0.3 is 9.47 Å². The summed E-state index contributed by atoms with van der Waals surface area (Å²) >= 11 is 0. The second-order valence-corrected chi connectivity index (χ2v) is 4.06. The van der Waals surface area contributed by atoms with Gasteiger partial charge in [0.15, 0.2) is 11.6 Å². The van der Waals surface area contributed by atoms with Crippen LogP contribution in [0, 0.1) is 5.82 Å². The molecule has 0 spiro atoms. The lowest BCUT2D eigenvalue weighted by Gasteiger charge is -2.02. The Morgan fingerprint density at radius 1 is 1.15 bits per heavy atom. The Kier molecular flexibility index (Phi) is 7.03. The van der Waals surface area contributed by atoms with Crippen molar-refractivity contribution < 1.29 is 23.5 Å². The molecule has 0 aliphatic rings. The molecule has 108 valence electrons. The summed E-state index contributed by atoms with van der Waals surface area (Å²) in [5.41, 5.74) is 0. The van der Waals surface area contributed by atoms with Gasteiger partial charge in [-0.05, 0) is 18.6 Å². The fraction of sp³-hybridized carbons (Fsp3) is 0.333. The third-order valence-electron chi connectivity index (χ3n) is 2.39. The molecule has 0 N–H and O–H groups in total. The van der Waals surface area contributed by atoms with Gasteiger partial charge in [-0.15, -0.1) is 0 Å². The standard InChI is InChI=1S/C15H17FO4/c1-2-3-6-11-19-14(17)9-10-15(18)20-13-8-5-4-7-12(13)16/h4-5,7-10H,2-3,6,11H2,1H3/b10-9+. The number of benzene rings is 1. The van der Waals surface area contributed by atoms with Crippen molar-refractivity contribution in [3.63, 3.8) is 0 Å². The molecule has 5 heteroatoms. The molecule has 20 heavy (non-hydrogen) atoms. The predicted octanol–water partition coefficient (Wildman–Crippen LogP) is 3.02. The first-order valence-corrected chi connectivity index (χ1v) is 6.44. The average molecular weight is 280 g/mol. The highest BCUT2D eigenvalue weighted by Crippen LogP contribution is 2.15. The highest BCUT2D eigenvalue weighted by Gasteiger charge is 2.06. The zero-order valence-corrected chi connectivity index (χ0v) is 11.3. The van der Waals surface area contributed by atoms with Crippen molar-refractivity contribution in [1.82, 2.24) is 0 Å². The smallest absolute Gasteiger partial charge is 0.336 e. The molecule has 0 unspecified atom stereocenters. The second kappa shape index (κ2) is 8.85. The summed E-state index contributed by atoms with van der Waals surface area (Å²) in [4.78, 5) is 22.6. The molecule has 0 bridgehead atoms. The van der Waals surface area contributed by atoms with E-state index in [1.54, 1.807) is 0 Å². The van der Waals surface area contributed by atoms with Gasteiger partial charge >= 0.3 is 11.9 Å². The van der Waals surface area contributed by atoms with Crippen molar-refractivity contribution in [1.29, 1.82) is 0 Å². The topological polar surface area (TPSA) is 52.6 Å².